The highest BCUT2D eigenvalue weighted by molar-refractivity contribution is 5.90. The van der Waals surface area contributed by atoms with Crippen molar-refractivity contribution in [3.05, 3.63) is 31.0 Å². The molecule has 2 N–H and O–H groups in total. The topological polar surface area (TPSA) is 84.7 Å². The zero-order valence-electron chi connectivity index (χ0n) is 11.0. The van der Waals surface area contributed by atoms with Crippen molar-refractivity contribution < 1.29 is 4.79 Å². The second kappa shape index (κ2) is 5.79. The van der Waals surface area contributed by atoms with E-state index >= 15 is 0 Å². The summed E-state index contributed by atoms with van der Waals surface area (Å²) < 4.78 is 1.56. The molecule has 7 nitrogen and oxygen atoms in total. The Labute approximate surface area is 116 Å². The summed E-state index contributed by atoms with van der Waals surface area (Å²) in [6, 6.07) is 4.22. The maximum atomic E-state index is 11.7. The van der Waals surface area contributed by atoms with E-state index in [2.05, 4.69) is 25.7 Å². The molecule has 2 aromatic rings. The molecule has 0 saturated heterocycles. The van der Waals surface area contributed by atoms with Crippen LogP contribution >= 0.6 is 0 Å². The first-order chi connectivity index (χ1) is 9.81. The van der Waals surface area contributed by atoms with E-state index in [1.807, 2.05) is 0 Å². The van der Waals surface area contributed by atoms with E-state index in [0.29, 0.717) is 24.0 Å². The summed E-state index contributed by atoms with van der Waals surface area (Å²) in [5, 5.41) is 10.1. The number of nitrogens with zero attached hydrogens (tertiary/aromatic N) is 4. The van der Waals surface area contributed by atoms with Gasteiger partial charge in [-0.1, -0.05) is 0 Å². The van der Waals surface area contributed by atoms with Crippen LogP contribution in [0.2, 0.25) is 0 Å². The van der Waals surface area contributed by atoms with Gasteiger partial charge >= 0.3 is 0 Å². The normalized spacial score (nSPS) is 14.2. The summed E-state index contributed by atoms with van der Waals surface area (Å²) in [5.41, 5.74) is 0.685. The molecule has 20 heavy (non-hydrogen) atoms. The van der Waals surface area contributed by atoms with Crippen LogP contribution in [-0.2, 0) is 4.79 Å². The van der Waals surface area contributed by atoms with E-state index in [4.69, 9.17) is 0 Å². The first-order valence-corrected chi connectivity index (χ1v) is 6.65. The highest BCUT2D eigenvalue weighted by Gasteiger charge is 2.20. The second-order valence-electron chi connectivity index (χ2n) is 4.77. The van der Waals surface area contributed by atoms with Crippen LogP contribution in [0.1, 0.15) is 19.3 Å². The molecule has 0 unspecified atom stereocenters. The van der Waals surface area contributed by atoms with Crippen molar-refractivity contribution >= 4 is 11.6 Å². The minimum Gasteiger partial charge on any atom is -0.325 e. The number of nitrogens with one attached hydrogen (secondary N) is 2. The minimum absolute atomic E-state index is 0.00606. The van der Waals surface area contributed by atoms with E-state index in [1.165, 1.54) is 19.2 Å². The summed E-state index contributed by atoms with van der Waals surface area (Å²) >= 11 is 0. The number of hydrogen-bond donors (Lipinski definition) is 2. The first kappa shape index (κ1) is 12.7. The summed E-state index contributed by atoms with van der Waals surface area (Å²) in [5.74, 6) is 0.657. The van der Waals surface area contributed by atoms with E-state index in [9.17, 15) is 4.79 Å². The van der Waals surface area contributed by atoms with Crippen LogP contribution in [-0.4, -0.2) is 38.2 Å². The maximum absolute atomic E-state index is 11.7. The molecular weight excluding hydrogens is 256 g/mol. The van der Waals surface area contributed by atoms with Gasteiger partial charge in [-0.15, -0.1) is 0 Å². The maximum Gasteiger partial charge on any atom is 0.225 e. The van der Waals surface area contributed by atoms with Crippen molar-refractivity contribution in [3.63, 3.8) is 0 Å². The van der Waals surface area contributed by atoms with Crippen LogP contribution in [0.3, 0.4) is 0 Å². The Kier molecular flexibility index (Phi) is 3.69. The lowest BCUT2D eigenvalue weighted by Crippen LogP contribution is -2.23. The van der Waals surface area contributed by atoms with Crippen LogP contribution in [0.15, 0.2) is 31.0 Å². The number of anilines is 1. The van der Waals surface area contributed by atoms with E-state index in [0.717, 1.165) is 6.54 Å². The van der Waals surface area contributed by atoms with Gasteiger partial charge in [0, 0.05) is 19.0 Å². The molecule has 0 radical (unpaired) electrons. The van der Waals surface area contributed by atoms with Gasteiger partial charge in [0.15, 0.2) is 5.82 Å². The Morgan fingerprint density at radius 3 is 2.95 bits per heavy atom. The largest absolute Gasteiger partial charge is 0.325 e. The molecule has 1 aliphatic carbocycles. The molecule has 0 spiro atoms. The van der Waals surface area contributed by atoms with Crippen LogP contribution in [0.25, 0.3) is 5.82 Å². The van der Waals surface area contributed by atoms with E-state index in [-0.39, 0.29) is 5.91 Å². The molecule has 3 rings (SSSR count). The zero-order chi connectivity index (χ0) is 13.8. The molecule has 0 atom stereocenters. The number of amides is 1. The minimum atomic E-state index is -0.00606. The van der Waals surface area contributed by atoms with Crippen LogP contribution in [0.4, 0.5) is 5.69 Å². The van der Waals surface area contributed by atoms with Crippen molar-refractivity contribution in [3.8, 4) is 5.82 Å². The molecule has 1 saturated carbocycles. The number of pyridine rings is 1. The third-order valence-corrected chi connectivity index (χ3v) is 3.05. The molecule has 1 fully saturated rings. The van der Waals surface area contributed by atoms with Gasteiger partial charge in [-0.3, -0.25) is 4.79 Å². The Hall–Kier alpha value is -2.28. The van der Waals surface area contributed by atoms with Gasteiger partial charge < -0.3 is 10.6 Å². The lowest BCUT2D eigenvalue weighted by molar-refractivity contribution is -0.116. The quantitative estimate of drug-likeness (QED) is 0.810. The standard InChI is InChI=1S/C13H16N6O/c20-13(5-6-15-10-1-2-10)18-11-3-4-12(16-7-11)19-9-14-8-17-19/h3-4,7-10,15H,1-2,5-6H2,(H,18,20). The van der Waals surface area contributed by atoms with Gasteiger partial charge in [-0.05, 0) is 25.0 Å². The Morgan fingerprint density at radius 1 is 1.40 bits per heavy atom. The predicted octanol–water partition coefficient (Wildman–Crippen LogP) is 0.743. The molecule has 0 aliphatic heterocycles. The molecular formula is C13H16N6O. The Balaban J connectivity index is 1.50. The van der Waals surface area contributed by atoms with Crippen molar-refractivity contribution in [1.82, 2.24) is 25.1 Å². The van der Waals surface area contributed by atoms with Gasteiger partial charge in [0.05, 0.1) is 11.9 Å². The number of carbonyl (C=O) groups excluding carboxylic acids is 1. The van der Waals surface area contributed by atoms with Crippen molar-refractivity contribution in [2.45, 2.75) is 25.3 Å². The molecule has 104 valence electrons. The van der Waals surface area contributed by atoms with Gasteiger partial charge in [0.1, 0.15) is 12.7 Å². The van der Waals surface area contributed by atoms with Gasteiger partial charge in [0.25, 0.3) is 0 Å². The fourth-order valence-electron chi connectivity index (χ4n) is 1.82. The summed E-state index contributed by atoms with van der Waals surface area (Å²) in [6.07, 6.45) is 7.57. The predicted molar refractivity (Wildman–Crippen MR) is 73.4 cm³/mol. The zero-order valence-corrected chi connectivity index (χ0v) is 11.0. The lowest BCUT2D eigenvalue weighted by Gasteiger charge is -2.06. The lowest BCUT2D eigenvalue weighted by atomic mass is 10.3. The Morgan fingerprint density at radius 2 is 2.30 bits per heavy atom. The summed E-state index contributed by atoms with van der Waals surface area (Å²) in [4.78, 5) is 19.8. The number of hydrogen-bond acceptors (Lipinski definition) is 5. The average Bonchev–Trinajstić information content (AvgIpc) is 3.11. The second-order valence-corrected chi connectivity index (χ2v) is 4.77. The van der Waals surface area contributed by atoms with Crippen LogP contribution < -0.4 is 10.6 Å². The average molecular weight is 272 g/mol. The third-order valence-electron chi connectivity index (χ3n) is 3.05. The highest BCUT2D eigenvalue weighted by Crippen LogP contribution is 2.18. The number of aromatic nitrogens is 4. The molecule has 1 amide bonds. The Bertz CT molecular complexity index is 561. The van der Waals surface area contributed by atoms with Gasteiger partial charge in [-0.25, -0.2) is 14.6 Å². The smallest absolute Gasteiger partial charge is 0.225 e. The van der Waals surface area contributed by atoms with E-state index < -0.39 is 0 Å². The van der Waals surface area contributed by atoms with Crippen molar-refractivity contribution in [2.75, 3.05) is 11.9 Å². The summed E-state index contributed by atoms with van der Waals surface area (Å²) in [6.45, 7) is 0.723. The molecule has 1 aliphatic rings. The van der Waals surface area contributed by atoms with Gasteiger partial charge in [-0.2, -0.15) is 5.10 Å². The fourth-order valence-corrected chi connectivity index (χ4v) is 1.82. The third kappa shape index (κ3) is 3.39. The SMILES string of the molecule is O=C(CCNC1CC1)Nc1ccc(-n2cncn2)nc1. The van der Waals surface area contributed by atoms with Crippen molar-refractivity contribution in [1.29, 1.82) is 0 Å². The van der Waals surface area contributed by atoms with Crippen molar-refractivity contribution in [2.24, 2.45) is 0 Å². The number of carbonyl (C=O) groups is 1. The molecule has 2 aromatic heterocycles. The highest BCUT2D eigenvalue weighted by atomic mass is 16.1. The number of rotatable bonds is 6. The fraction of sp³-hybridized carbons (Fsp3) is 0.385. The first-order valence-electron chi connectivity index (χ1n) is 6.65. The molecule has 7 heteroatoms. The van der Waals surface area contributed by atoms with Crippen LogP contribution in [0, 0.1) is 0 Å². The van der Waals surface area contributed by atoms with Crippen LogP contribution in [0.5, 0.6) is 0 Å². The molecule has 0 bridgehead atoms. The molecule has 0 aromatic carbocycles. The van der Waals surface area contributed by atoms with Gasteiger partial charge in [0.2, 0.25) is 5.91 Å². The monoisotopic (exact) mass is 272 g/mol. The molecule has 2 heterocycles. The summed E-state index contributed by atoms with van der Waals surface area (Å²) in [7, 11) is 0. The van der Waals surface area contributed by atoms with E-state index in [1.54, 1.807) is 29.3 Å².